The van der Waals surface area contributed by atoms with Crippen molar-refractivity contribution in [2.75, 3.05) is 5.32 Å². The van der Waals surface area contributed by atoms with Gasteiger partial charge in [0.2, 0.25) is 11.8 Å². The molecule has 1 fully saturated rings. The minimum Gasteiger partial charge on any atom is -0.490 e. The molecule has 1 saturated carbocycles. The van der Waals surface area contributed by atoms with Crippen molar-refractivity contribution in [2.45, 2.75) is 58.6 Å². The average Bonchev–Trinajstić information content (AvgIpc) is 2.69. The molecular formula is C23H27F2N3O3. The number of nitrogens with one attached hydrogen (secondary N) is 2. The van der Waals surface area contributed by atoms with Crippen LogP contribution in [0.2, 0.25) is 0 Å². The molecule has 1 heterocycles. The van der Waals surface area contributed by atoms with E-state index in [1.165, 1.54) is 31.2 Å². The van der Waals surface area contributed by atoms with Crippen molar-refractivity contribution in [3.8, 4) is 16.9 Å². The number of aromatic nitrogens is 1. The van der Waals surface area contributed by atoms with Crippen LogP contribution < -0.4 is 15.4 Å². The number of carbonyl (C=O) groups excluding carboxylic acids is 2. The molecule has 0 radical (unpaired) electrons. The first-order valence-corrected chi connectivity index (χ1v) is 10.4. The van der Waals surface area contributed by atoms with Gasteiger partial charge in [-0.15, -0.1) is 0 Å². The van der Waals surface area contributed by atoms with Crippen LogP contribution in [0.1, 0.15) is 46.5 Å². The number of carbonyl (C=O) groups is 2. The van der Waals surface area contributed by atoms with Crippen molar-refractivity contribution in [1.29, 1.82) is 0 Å². The van der Waals surface area contributed by atoms with E-state index in [1.54, 1.807) is 13.8 Å². The summed E-state index contributed by atoms with van der Waals surface area (Å²) >= 11 is 0. The number of benzene rings is 1. The lowest BCUT2D eigenvalue weighted by molar-refractivity contribution is -0.123. The molecule has 166 valence electrons. The van der Waals surface area contributed by atoms with Crippen LogP contribution in [0.3, 0.4) is 0 Å². The first kappa shape index (κ1) is 22.7. The Morgan fingerprint density at radius 3 is 2.65 bits per heavy atom. The number of ether oxygens (including phenoxy) is 1. The van der Waals surface area contributed by atoms with E-state index >= 15 is 0 Å². The third kappa shape index (κ3) is 5.99. The van der Waals surface area contributed by atoms with Gasteiger partial charge in [-0.1, -0.05) is 6.42 Å². The lowest BCUT2D eigenvalue weighted by Gasteiger charge is -2.28. The first-order chi connectivity index (χ1) is 14.7. The zero-order chi connectivity index (χ0) is 22.5. The van der Waals surface area contributed by atoms with Gasteiger partial charge in [0.05, 0.1) is 12.3 Å². The number of halogens is 2. The molecule has 3 rings (SSSR count). The van der Waals surface area contributed by atoms with Gasteiger partial charge >= 0.3 is 0 Å². The Kier molecular flexibility index (Phi) is 7.20. The fraction of sp³-hybridized carbons (Fsp3) is 0.435. The molecule has 2 aromatic rings. The van der Waals surface area contributed by atoms with Crippen LogP contribution in [0.15, 0.2) is 30.5 Å². The standard InChI is InChI=1S/C23H27F2N3O3/c1-13(2)31-21-10-16(24)7-8-18(21)19-11-22(26-12-20(19)25)28-23(30)15-5-4-6-17(9-15)27-14(3)29/h7-8,10-13,15,17H,4-6,9H2,1-3H3,(H,27,29)(H,26,28,30). The summed E-state index contributed by atoms with van der Waals surface area (Å²) in [6, 6.07) is 5.26. The zero-order valence-corrected chi connectivity index (χ0v) is 17.9. The highest BCUT2D eigenvalue weighted by Crippen LogP contribution is 2.34. The predicted octanol–water partition coefficient (Wildman–Crippen LogP) is 4.45. The van der Waals surface area contributed by atoms with Gasteiger partial charge in [0, 0.05) is 36.1 Å². The Balaban J connectivity index is 1.80. The molecule has 0 aliphatic heterocycles. The number of hydrogen-bond donors (Lipinski definition) is 2. The molecule has 8 heteroatoms. The van der Waals surface area contributed by atoms with Crippen LogP contribution in [0.25, 0.3) is 11.1 Å². The van der Waals surface area contributed by atoms with Gasteiger partial charge in [-0.3, -0.25) is 9.59 Å². The summed E-state index contributed by atoms with van der Waals surface area (Å²) in [7, 11) is 0. The number of nitrogens with zero attached hydrogens (tertiary/aromatic N) is 1. The van der Waals surface area contributed by atoms with Gasteiger partial charge in [0.25, 0.3) is 0 Å². The number of rotatable bonds is 6. The Morgan fingerprint density at radius 1 is 1.16 bits per heavy atom. The van der Waals surface area contributed by atoms with Gasteiger partial charge < -0.3 is 15.4 Å². The second-order valence-electron chi connectivity index (χ2n) is 8.11. The van der Waals surface area contributed by atoms with Gasteiger partial charge in [-0.25, -0.2) is 13.8 Å². The molecule has 1 aromatic heterocycles. The molecule has 31 heavy (non-hydrogen) atoms. The van der Waals surface area contributed by atoms with Crippen molar-refractivity contribution < 1.29 is 23.1 Å². The molecule has 1 aromatic carbocycles. The van der Waals surface area contributed by atoms with Gasteiger partial charge in [0.15, 0.2) is 0 Å². The van der Waals surface area contributed by atoms with Crippen molar-refractivity contribution in [1.82, 2.24) is 10.3 Å². The average molecular weight is 431 g/mol. The number of pyridine rings is 1. The van der Waals surface area contributed by atoms with Crippen molar-refractivity contribution in [3.63, 3.8) is 0 Å². The van der Waals surface area contributed by atoms with Gasteiger partial charge in [-0.05, 0) is 51.3 Å². The summed E-state index contributed by atoms with van der Waals surface area (Å²) in [5.41, 5.74) is 0.523. The van der Waals surface area contributed by atoms with Crippen LogP contribution in [0.5, 0.6) is 5.75 Å². The van der Waals surface area contributed by atoms with Gasteiger partial charge in [-0.2, -0.15) is 0 Å². The van der Waals surface area contributed by atoms with Crippen molar-refractivity contribution >= 4 is 17.6 Å². The van der Waals surface area contributed by atoms with Crippen molar-refractivity contribution in [2.24, 2.45) is 5.92 Å². The van der Waals surface area contributed by atoms with E-state index in [1.807, 2.05) is 0 Å². The smallest absolute Gasteiger partial charge is 0.228 e. The minimum atomic E-state index is -0.610. The SMILES string of the molecule is CC(=O)NC1CCCC(C(=O)Nc2cc(-c3ccc(F)cc3OC(C)C)c(F)cn2)C1. The zero-order valence-electron chi connectivity index (χ0n) is 17.9. The van der Waals surface area contributed by atoms with Crippen LogP contribution in [-0.2, 0) is 9.59 Å². The summed E-state index contributed by atoms with van der Waals surface area (Å²) in [6.07, 6.45) is 3.72. The minimum absolute atomic E-state index is 0.0336. The Bertz CT molecular complexity index is 965. The molecule has 0 bridgehead atoms. The maximum absolute atomic E-state index is 14.6. The summed E-state index contributed by atoms with van der Waals surface area (Å²) in [5, 5.41) is 5.62. The Hall–Kier alpha value is -3.03. The fourth-order valence-corrected chi connectivity index (χ4v) is 3.86. The maximum atomic E-state index is 14.6. The summed E-state index contributed by atoms with van der Waals surface area (Å²) in [4.78, 5) is 28.0. The molecule has 1 aliphatic rings. The van der Waals surface area contributed by atoms with Crippen LogP contribution in [0, 0.1) is 17.6 Å². The Labute approximate surface area is 180 Å². The quantitative estimate of drug-likeness (QED) is 0.708. The lowest BCUT2D eigenvalue weighted by Crippen LogP contribution is -2.40. The molecule has 2 atom stereocenters. The predicted molar refractivity (Wildman–Crippen MR) is 114 cm³/mol. The third-order valence-corrected chi connectivity index (χ3v) is 5.16. The monoisotopic (exact) mass is 431 g/mol. The summed E-state index contributed by atoms with van der Waals surface area (Å²) in [5.74, 6) is -1.31. The van der Waals surface area contributed by atoms with Crippen molar-refractivity contribution in [3.05, 3.63) is 42.1 Å². The molecule has 0 spiro atoms. The van der Waals surface area contributed by atoms with Gasteiger partial charge in [0.1, 0.15) is 23.2 Å². The second kappa shape index (κ2) is 9.85. The molecular weight excluding hydrogens is 404 g/mol. The molecule has 1 aliphatic carbocycles. The second-order valence-corrected chi connectivity index (χ2v) is 8.11. The highest BCUT2D eigenvalue weighted by Gasteiger charge is 2.28. The van der Waals surface area contributed by atoms with E-state index in [9.17, 15) is 18.4 Å². The van der Waals surface area contributed by atoms with Crippen LogP contribution in [0.4, 0.5) is 14.6 Å². The van der Waals surface area contributed by atoms with E-state index in [2.05, 4.69) is 15.6 Å². The van der Waals surface area contributed by atoms with E-state index < -0.39 is 11.6 Å². The largest absolute Gasteiger partial charge is 0.490 e. The van der Waals surface area contributed by atoms with Crippen LogP contribution >= 0.6 is 0 Å². The summed E-state index contributed by atoms with van der Waals surface area (Å²) < 4.78 is 33.9. The molecule has 2 unspecified atom stereocenters. The maximum Gasteiger partial charge on any atom is 0.228 e. The van der Waals surface area contributed by atoms with E-state index in [0.717, 1.165) is 19.0 Å². The highest BCUT2D eigenvalue weighted by atomic mass is 19.1. The Morgan fingerprint density at radius 2 is 1.94 bits per heavy atom. The molecule has 6 nitrogen and oxygen atoms in total. The topological polar surface area (TPSA) is 80.3 Å². The number of amides is 2. The molecule has 2 amide bonds. The highest BCUT2D eigenvalue weighted by molar-refractivity contribution is 5.92. The first-order valence-electron chi connectivity index (χ1n) is 10.4. The van der Waals surface area contributed by atoms with E-state index in [0.29, 0.717) is 18.4 Å². The van der Waals surface area contributed by atoms with Crippen LogP contribution in [-0.4, -0.2) is 28.9 Å². The molecule has 0 saturated heterocycles. The lowest BCUT2D eigenvalue weighted by atomic mass is 9.85. The number of anilines is 1. The van der Waals surface area contributed by atoms with E-state index in [4.69, 9.17) is 4.74 Å². The normalized spacial score (nSPS) is 18.5. The third-order valence-electron chi connectivity index (χ3n) is 5.16. The fourth-order valence-electron chi connectivity index (χ4n) is 3.86. The number of hydrogen-bond acceptors (Lipinski definition) is 4. The molecule has 2 N–H and O–H groups in total. The summed E-state index contributed by atoms with van der Waals surface area (Å²) in [6.45, 7) is 5.05. The van der Waals surface area contributed by atoms with E-state index in [-0.39, 0.29) is 47.0 Å².